The van der Waals surface area contributed by atoms with Crippen LogP contribution in [0.5, 0.6) is 11.6 Å². The second-order valence-corrected chi connectivity index (χ2v) is 9.14. The Bertz CT molecular complexity index is 1210. The molecule has 0 radical (unpaired) electrons. The van der Waals surface area contributed by atoms with Crippen molar-refractivity contribution in [2.75, 3.05) is 26.3 Å². The smallest absolute Gasteiger partial charge is 0.250 e. The molecule has 4 aromatic rings. The number of amides is 1. The topological polar surface area (TPSA) is 77.7 Å². The van der Waals surface area contributed by atoms with E-state index in [-0.39, 0.29) is 5.92 Å². The molecule has 3 aromatic carbocycles. The van der Waals surface area contributed by atoms with E-state index in [9.17, 15) is 4.79 Å². The molecule has 6 heteroatoms. The van der Waals surface area contributed by atoms with Gasteiger partial charge in [-0.2, -0.15) is 0 Å². The van der Waals surface area contributed by atoms with Crippen LogP contribution in [-0.2, 0) is 6.54 Å². The van der Waals surface area contributed by atoms with Crippen molar-refractivity contribution in [1.82, 2.24) is 9.88 Å². The lowest BCUT2D eigenvalue weighted by molar-refractivity contribution is 0.1000. The van der Waals surface area contributed by atoms with Gasteiger partial charge >= 0.3 is 0 Å². The fraction of sp³-hybridized carbons (Fsp3) is 0.250. The van der Waals surface area contributed by atoms with Crippen LogP contribution in [0.25, 0.3) is 0 Å². The minimum Gasteiger partial charge on any atom is -0.494 e. The molecule has 38 heavy (non-hydrogen) atoms. The SMILES string of the molecule is CCOc1ccc(CN(CCCOc2ccc(C(N)=O)cn2)CC(c2ccccc2)c2ccccc2)cc1. The first-order valence-corrected chi connectivity index (χ1v) is 13.0. The number of rotatable bonds is 14. The van der Waals surface area contributed by atoms with Crippen molar-refractivity contribution in [1.29, 1.82) is 0 Å². The molecule has 0 saturated carbocycles. The first kappa shape index (κ1) is 26.9. The van der Waals surface area contributed by atoms with Crippen LogP contribution in [0.2, 0.25) is 0 Å². The second-order valence-electron chi connectivity index (χ2n) is 9.14. The molecule has 2 N–H and O–H groups in total. The van der Waals surface area contributed by atoms with E-state index in [0.29, 0.717) is 24.7 Å². The van der Waals surface area contributed by atoms with Crippen LogP contribution in [0, 0.1) is 0 Å². The van der Waals surface area contributed by atoms with E-state index < -0.39 is 5.91 Å². The number of pyridine rings is 1. The summed E-state index contributed by atoms with van der Waals surface area (Å²) in [5.41, 5.74) is 9.49. The van der Waals surface area contributed by atoms with Gasteiger partial charge in [-0.1, -0.05) is 72.8 Å². The van der Waals surface area contributed by atoms with Gasteiger partial charge in [-0.3, -0.25) is 9.69 Å². The summed E-state index contributed by atoms with van der Waals surface area (Å²) in [5, 5.41) is 0. The maximum absolute atomic E-state index is 11.3. The number of aromatic nitrogens is 1. The third-order valence-electron chi connectivity index (χ3n) is 6.37. The second kappa shape index (κ2) is 14.0. The van der Waals surface area contributed by atoms with E-state index in [1.165, 1.54) is 22.9 Å². The van der Waals surface area contributed by atoms with E-state index in [0.717, 1.165) is 31.8 Å². The molecular formula is C32H35N3O3. The number of nitrogens with two attached hydrogens (primary N) is 1. The van der Waals surface area contributed by atoms with Crippen LogP contribution in [0.1, 0.15) is 46.3 Å². The van der Waals surface area contributed by atoms with Crippen molar-refractivity contribution < 1.29 is 14.3 Å². The average Bonchev–Trinajstić information content (AvgIpc) is 2.96. The molecule has 0 aliphatic heterocycles. The summed E-state index contributed by atoms with van der Waals surface area (Å²) in [6.07, 6.45) is 2.27. The molecule has 196 valence electrons. The van der Waals surface area contributed by atoms with Crippen LogP contribution in [0.15, 0.2) is 103 Å². The van der Waals surface area contributed by atoms with Gasteiger partial charge in [0.15, 0.2) is 0 Å². The van der Waals surface area contributed by atoms with Crippen molar-refractivity contribution in [2.45, 2.75) is 25.8 Å². The van der Waals surface area contributed by atoms with Crippen LogP contribution in [0.4, 0.5) is 0 Å². The lowest BCUT2D eigenvalue weighted by Crippen LogP contribution is -2.30. The predicted octanol–water partition coefficient (Wildman–Crippen LogP) is 5.68. The van der Waals surface area contributed by atoms with Crippen LogP contribution in [-0.4, -0.2) is 42.1 Å². The van der Waals surface area contributed by atoms with Gasteiger partial charge in [0.25, 0.3) is 0 Å². The van der Waals surface area contributed by atoms with Gasteiger partial charge in [0, 0.05) is 37.8 Å². The standard InChI is InChI=1S/C32H35N3O3/c1-2-37-29-17-14-25(15-18-29)23-35(20-9-21-38-31-19-16-28(22-34-31)32(33)36)24-30(26-10-5-3-6-11-26)27-12-7-4-8-13-27/h3-8,10-19,22,30H,2,9,20-21,23-24H2,1H3,(H2,33,36). The van der Waals surface area contributed by atoms with E-state index in [2.05, 4.69) is 82.7 Å². The summed E-state index contributed by atoms with van der Waals surface area (Å²) in [6, 6.07) is 33.0. The number of hydrogen-bond donors (Lipinski definition) is 1. The first-order chi connectivity index (χ1) is 18.6. The lowest BCUT2D eigenvalue weighted by atomic mass is 9.90. The predicted molar refractivity (Wildman–Crippen MR) is 150 cm³/mol. The summed E-state index contributed by atoms with van der Waals surface area (Å²) < 4.78 is 11.5. The van der Waals surface area contributed by atoms with Gasteiger partial charge in [0.05, 0.1) is 18.8 Å². The minimum absolute atomic E-state index is 0.240. The van der Waals surface area contributed by atoms with E-state index >= 15 is 0 Å². The molecule has 0 spiro atoms. The Morgan fingerprint density at radius 3 is 2.08 bits per heavy atom. The Labute approximate surface area is 225 Å². The van der Waals surface area contributed by atoms with Crippen molar-refractivity contribution in [3.8, 4) is 11.6 Å². The van der Waals surface area contributed by atoms with Crippen LogP contribution >= 0.6 is 0 Å². The molecule has 0 aliphatic rings. The Morgan fingerprint density at radius 2 is 1.53 bits per heavy atom. The maximum Gasteiger partial charge on any atom is 0.250 e. The zero-order chi connectivity index (χ0) is 26.6. The Morgan fingerprint density at radius 1 is 0.868 bits per heavy atom. The summed E-state index contributed by atoms with van der Waals surface area (Å²) >= 11 is 0. The maximum atomic E-state index is 11.3. The molecule has 0 unspecified atom stereocenters. The highest BCUT2D eigenvalue weighted by Crippen LogP contribution is 2.27. The number of carbonyl (C=O) groups is 1. The minimum atomic E-state index is -0.500. The largest absolute Gasteiger partial charge is 0.494 e. The normalized spacial score (nSPS) is 11.0. The molecule has 6 nitrogen and oxygen atoms in total. The van der Waals surface area contributed by atoms with Gasteiger partial charge < -0.3 is 15.2 Å². The molecule has 0 fully saturated rings. The van der Waals surface area contributed by atoms with Gasteiger partial charge in [0.1, 0.15) is 5.75 Å². The Kier molecular flexibility index (Phi) is 9.88. The van der Waals surface area contributed by atoms with Gasteiger partial charge in [-0.05, 0) is 48.2 Å². The van der Waals surface area contributed by atoms with Crippen LogP contribution < -0.4 is 15.2 Å². The fourth-order valence-electron chi connectivity index (χ4n) is 4.46. The molecular weight excluding hydrogens is 474 g/mol. The number of ether oxygens (including phenoxy) is 2. The number of carbonyl (C=O) groups excluding carboxylic acids is 1. The van der Waals surface area contributed by atoms with Crippen molar-refractivity contribution in [2.24, 2.45) is 5.73 Å². The Balaban J connectivity index is 1.47. The first-order valence-electron chi connectivity index (χ1n) is 13.0. The zero-order valence-electron chi connectivity index (χ0n) is 21.8. The molecule has 4 rings (SSSR count). The number of benzene rings is 3. The molecule has 1 amide bonds. The zero-order valence-corrected chi connectivity index (χ0v) is 21.8. The van der Waals surface area contributed by atoms with E-state index in [1.807, 2.05) is 19.1 Å². The van der Waals surface area contributed by atoms with E-state index in [4.69, 9.17) is 15.2 Å². The summed E-state index contributed by atoms with van der Waals surface area (Å²) in [6.45, 7) is 5.70. The molecule has 0 atom stereocenters. The number of primary amides is 1. The fourth-order valence-corrected chi connectivity index (χ4v) is 4.46. The molecule has 0 aliphatic carbocycles. The Hall–Kier alpha value is -4.16. The van der Waals surface area contributed by atoms with Gasteiger partial charge in [0.2, 0.25) is 11.8 Å². The lowest BCUT2D eigenvalue weighted by Gasteiger charge is -2.28. The highest BCUT2D eigenvalue weighted by molar-refractivity contribution is 5.92. The molecule has 0 bridgehead atoms. The third kappa shape index (κ3) is 7.92. The monoisotopic (exact) mass is 509 g/mol. The molecule has 1 heterocycles. The van der Waals surface area contributed by atoms with Crippen molar-refractivity contribution in [3.05, 3.63) is 126 Å². The van der Waals surface area contributed by atoms with Gasteiger partial charge in [-0.15, -0.1) is 0 Å². The number of nitrogens with zero attached hydrogens (tertiary/aromatic N) is 2. The van der Waals surface area contributed by atoms with Crippen molar-refractivity contribution >= 4 is 5.91 Å². The van der Waals surface area contributed by atoms with E-state index in [1.54, 1.807) is 12.1 Å². The number of hydrogen-bond acceptors (Lipinski definition) is 5. The average molecular weight is 510 g/mol. The highest BCUT2D eigenvalue weighted by atomic mass is 16.5. The van der Waals surface area contributed by atoms with Crippen molar-refractivity contribution in [3.63, 3.8) is 0 Å². The van der Waals surface area contributed by atoms with Crippen LogP contribution in [0.3, 0.4) is 0 Å². The molecule has 0 saturated heterocycles. The quantitative estimate of drug-likeness (QED) is 0.221. The summed E-state index contributed by atoms with van der Waals surface area (Å²) in [5.74, 6) is 1.11. The van der Waals surface area contributed by atoms with Gasteiger partial charge in [-0.25, -0.2) is 4.98 Å². The summed E-state index contributed by atoms with van der Waals surface area (Å²) in [4.78, 5) is 17.9. The highest BCUT2D eigenvalue weighted by Gasteiger charge is 2.19. The molecule has 1 aromatic heterocycles. The summed E-state index contributed by atoms with van der Waals surface area (Å²) in [7, 11) is 0. The third-order valence-corrected chi connectivity index (χ3v) is 6.37.